The number of ether oxygens (including phenoxy) is 1. The van der Waals surface area contributed by atoms with Crippen molar-refractivity contribution >= 4 is 33.9 Å². The van der Waals surface area contributed by atoms with Crippen LogP contribution in [-0.2, 0) is 11.3 Å². The summed E-state index contributed by atoms with van der Waals surface area (Å²) >= 11 is 1.60. The van der Waals surface area contributed by atoms with Crippen LogP contribution in [0.25, 0.3) is 0 Å². The molecule has 0 saturated carbocycles. The lowest BCUT2D eigenvalue weighted by atomic mass is 10.1. The second kappa shape index (κ2) is 10.4. The van der Waals surface area contributed by atoms with Gasteiger partial charge in [0.2, 0.25) is 0 Å². The zero-order valence-electron chi connectivity index (χ0n) is 12.3. The van der Waals surface area contributed by atoms with Crippen molar-refractivity contribution < 1.29 is 4.74 Å². The van der Waals surface area contributed by atoms with Crippen molar-refractivity contribution in [2.75, 3.05) is 12.4 Å². The number of rotatable bonds is 7. The summed E-state index contributed by atoms with van der Waals surface area (Å²) in [7, 11) is 0. The van der Waals surface area contributed by atoms with E-state index in [4.69, 9.17) is 15.7 Å². The summed E-state index contributed by atoms with van der Waals surface area (Å²) in [4.78, 5) is 4.12. The standard InChI is InChI=1S/C16H19N3OS.BrH/c17-9-13-4-6-14(7-5-13)11-20-8-2-1-3-15-10-19-16(18)21-12-15;/h4-7,10H,1-3,8,11-12H2,(H2,18,19);1H. The van der Waals surface area contributed by atoms with Gasteiger partial charge in [-0.2, -0.15) is 5.26 Å². The first-order valence-electron chi connectivity index (χ1n) is 6.98. The summed E-state index contributed by atoms with van der Waals surface area (Å²) in [5, 5.41) is 9.38. The quantitative estimate of drug-likeness (QED) is 0.729. The van der Waals surface area contributed by atoms with Gasteiger partial charge in [0.25, 0.3) is 0 Å². The zero-order chi connectivity index (χ0) is 14.9. The number of amidine groups is 1. The lowest BCUT2D eigenvalue weighted by molar-refractivity contribution is 0.117. The fourth-order valence-electron chi connectivity index (χ4n) is 1.95. The molecule has 0 atom stereocenters. The number of nitrogens with zero attached hydrogens (tertiary/aromatic N) is 2. The van der Waals surface area contributed by atoms with Crippen molar-refractivity contribution in [3.05, 3.63) is 47.2 Å². The maximum atomic E-state index is 8.72. The predicted octanol–water partition coefficient (Wildman–Crippen LogP) is 3.77. The highest BCUT2D eigenvalue weighted by Gasteiger charge is 2.05. The van der Waals surface area contributed by atoms with E-state index in [1.165, 1.54) is 5.57 Å². The summed E-state index contributed by atoms with van der Waals surface area (Å²) in [5.41, 5.74) is 8.73. The Kier molecular flexibility index (Phi) is 8.90. The predicted molar refractivity (Wildman–Crippen MR) is 97.1 cm³/mol. The topological polar surface area (TPSA) is 71.4 Å². The molecule has 1 aliphatic heterocycles. The Bertz CT molecular complexity index is 564. The van der Waals surface area contributed by atoms with Crippen LogP contribution in [0.2, 0.25) is 0 Å². The minimum Gasteiger partial charge on any atom is -0.378 e. The van der Waals surface area contributed by atoms with Gasteiger partial charge in [0.05, 0.1) is 18.2 Å². The maximum absolute atomic E-state index is 8.72. The van der Waals surface area contributed by atoms with Crippen LogP contribution in [0.15, 0.2) is 41.0 Å². The Hall–Kier alpha value is -1.29. The van der Waals surface area contributed by atoms with E-state index in [9.17, 15) is 0 Å². The fraction of sp³-hybridized carbons (Fsp3) is 0.375. The molecule has 6 heteroatoms. The van der Waals surface area contributed by atoms with Crippen molar-refractivity contribution in [1.29, 1.82) is 5.26 Å². The van der Waals surface area contributed by atoms with Crippen LogP contribution in [0, 0.1) is 11.3 Å². The van der Waals surface area contributed by atoms with E-state index in [0.29, 0.717) is 17.3 Å². The van der Waals surface area contributed by atoms with Gasteiger partial charge in [-0.15, -0.1) is 17.0 Å². The van der Waals surface area contributed by atoms with E-state index in [2.05, 4.69) is 11.1 Å². The Labute approximate surface area is 146 Å². The van der Waals surface area contributed by atoms with Gasteiger partial charge in [0, 0.05) is 18.6 Å². The molecule has 118 valence electrons. The number of aliphatic imine (C=N–C) groups is 1. The molecular formula is C16H20BrN3OS. The van der Waals surface area contributed by atoms with Gasteiger partial charge >= 0.3 is 0 Å². The van der Waals surface area contributed by atoms with E-state index in [-0.39, 0.29) is 17.0 Å². The minimum absolute atomic E-state index is 0. The van der Waals surface area contributed by atoms with Crippen molar-refractivity contribution in [1.82, 2.24) is 0 Å². The SMILES string of the molecule is Br.N#Cc1ccc(COCCCCC2=CN=C(N)SC2)cc1. The molecule has 1 aliphatic rings. The Morgan fingerprint density at radius 1 is 1.27 bits per heavy atom. The van der Waals surface area contributed by atoms with Gasteiger partial charge in [0.1, 0.15) is 0 Å². The summed E-state index contributed by atoms with van der Waals surface area (Å²) in [5.74, 6) is 0.960. The van der Waals surface area contributed by atoms with Crippen molar-refractivity contribution in [2.45, 2.75) is 25.9 Å². The first kappa shape index (κ1) is 18.8. The molecule has 0 amide bonds. The lowest BCUT2D eigenvalue weighted by Gasteiger charge is -2.10. The second-order valence-corrected chi connectivity index (χ2v) is 5.86. The van der Waals surface area contributed by atoms with E-state index >= 15 is 0 Å². The number of hydrogen-bond donors (Lipinski definition) is 1. The van der Waals surface area contributed by atoms with Gasteiger partial charge in [0.15, 0.2) is 5.17 Å². The van der Waals surface area contributed by atoms with E-state index < -0.39 is 0 Å². The molecule has 22 heavy (non-hydrogen) atoms. The van der Waals surface area contributed by atoms with Crippen LogP contribution in [0.1, 0.15) is 30.4 Å². The molecule has 0 saturated heterocycles. The molecular weight excluding hydrogens is 362 g/mol. The van der Waals surface area contributed by atoms with Crippen LogP contribution in [0.4, 0.5) is 0 Å². The molecule has 1 heterocycles. The Balaban J connectivity index is 0.00000242. The van der Waals surface area contributed by atoms with Gasteiger partial charge in [-0.25, -0.2) is 4.99 Å². The van der Waals surface area contributed by atoms with Crippen molar-refractivity contribution in [2.24, 2.45) is 10.7 Å². The summed E-state index contributed by atoms with van der Waals surface area (Å²) in [6.45, 7) is 1.36. The summed E-state index contributed by atoms with van der Waals surface area (Å²) in [6, 6.07) is 9.61. The maximum Gasteiger partial charge on any atom is 0.158 e. The largest absolute Gasteiger partial charge is 0.378 e. The Morgan fingerprint density at radius 2 is 2.05 bits per heavy atom. The van der Waals surface area contributed by atoms with Crippen molar-refractivity contribution in [3.8, 4) is 6.07 Å². The van der Waals surface area contributed by atoms with Gasteiger partial charge in [-0.3, -0.25) is 0 Å². The van der Waals surface area contributed by atoms with Crippen LogP contribution in [0.5, 0.6) is 0 Å². The highest BCUT2D eigenvalue weighted by molar-refractivity contribution is 8.93. The van der Waals surface area contributed by atoms with E-state index in [1.807, 2.05) is 30.5 Å². The van der Waals surface area contributed by atoms with Crippen LogP contribution in [0.3, 0.4) is 0 Å². The van der Waals surface area contributed by atoms with Gasteiger partial charge in [-0.05, 0) is 42.5 Å². The number of nitriles is 1. The van der Waals surface area contributed by atoms with Crippen molar-refractivity contribution in [3.63, 3.8) is 0 Å². The fourth-order valence-corrected chi connectivity index (χ4v) is 2.63. The molecule has 2 rings (SSSR count). The molecule has 4 nitrogen and oxygen atoms in total. The van der Waals surface area contributed by atoms with Crippen LogP contribution >= 0.6 is 28.7 Å². The van der Waals surface area contributed by atoms with Gasteiger partial charge in [-0.1, -0.05) is 23.9 Å². The van der Waals surface area contributed by atoms with Gasteiger partial charge < -0.3 is 10.5 Å². The molecule has 0 unspecified atom stereocenters. The number of unbranched alkanes of at least 4 members (excludes halogenated alkanes) is 1. The molecule has 2 N–H and O–H groups in total. The normalized spacial score (nSPS) is 13.6. The van der Waals surface area contributed by atoms with Crippen LogP contribution < -0.4 is 5.73 Å². The third-order valence-electron chi connectivity index (χ3n) is 3.17. The number of halogens is 1. The average Bonchev–Trinajstić information content (AvgIpc) is 2.53. The molecule has 1 aromatic carbocycles. The first-order chi connectivity index (χ1) is 10.3. The molecule has 0 aromatic heterocycles. The third-order valence-corrected chi connectivity index (χ3v) is 4.08. The number of benzene rings is 1. The molecule has 0 bridgehead atoms. The smallest absolute Gasteiger partial charge is 0.158 e. The minimum atomic E-state index is 0. The number of nitrogens with two attached hydrogens (primary N) is 1. The molecule has 1 aromatic rings. The summed E-state index contributed by atoms with van der Waals surface area (Å²) in [6.07, 6.45) is 5.10. The highest BCUT2D eigenvalue weighted by Crippen LogP contribution is 2.18. The average molecular weight is 382 g/mol. The molecule has 0 spiro atoms. The monoisotopic (exact) mass is 381 g/mol. The summed E-state index contributed by atoms with van der Waals surface area (Å²) < 4.78 is 5.64. The Morgan fingerprint density at radius 3 is 2.68 bits per heavy atom. The molecule has 0 aliphatic carbocycles. The lowest BCUT2D eigenvalue weighted by Crippen LogP contribution is -2.10. The van der Waals surface area contributed by atoms with Crippen LogP contribution in [-0.4, -0.2) is 17.5 Å². The number of hydrogen-bond acceptors (Lipinski definition) is 5. The highest BCUT2D eigenvalue weighted by atomic mass is 79.9. The zero-order valence-corrected chi connectivity index (χ0v) is 14.9. The first-order valence-corrected chi connectivity index (χ1v) is 7.97. The third kappa shape index (κ3) is 6.65. The van der Waals surface area contributed by atoms with E-state index in [1.54, 1.807) is 11.8 Å². The second-order valence-electron chi connectivity index (χ2n) is 4.86. The van der Waals surface area contributed by atoms with E-state index in [0.717, 1.165) is 37.2 Å². The molecule has 0 radical (unpaired) electrons. The number of thioether (sulfide) groups is 1. The molecule has 0 fully saturated rings.